The number of hydrogen-bond acceptors (Lipinski definition) is 4. The molecule has 0 radical (unpaired) electrons. The number of nitrogens with zero attached hydrogens (tertiary/aromatic N) is 3. The van der Waals surface area contributed by atoms with E-state index in [0.29, 0.717) is 60.7 Å². The summed E-state index contributed by atoms with van der Waals surface area (Å²) in [6.45, 7) is 2.21. The molecule has 0 atom stereocenters. The lowest BCUT2D eigenvalue weighted by Gasteiger charge is -2.35. The number of halogens is 3. The molecule has 6 nitrogen and oxygen atoms in total. The fourth-order valence-electron chi connectivity index (χ4n) is 4.60. The zero-order valence-electron chi connectivity index (χ0n) is 19.2. The number of benzene rings is 3. The number of piperazine rings is 1. The molecule has 0 spiro atoms. The lowest BCUT2D eigenvalue weighted by molar-refractivity contribution is -0.137. The maximum absolute atomic E-state index is 13.2. The molecule has 0 saturated carbocycles. The summed E-state index contributed by atoms with van der Waals surface area (Å²) < 4.78 is 39.0. The Kier molecular flexibility index (Phi) is 6.09. The van der Waals surface area contributed by atoms with Gasteiger partial charge in [-0.15, -0.1) is 0 Å². The predicted octanol–water partition coefficient (Wildman–Crippen LogP) is 4.46. The van der Waals surface area contributed by atoms with Gasteiger partial charge in [-0.1, -0.05) is 36.4 Å². The Labute approximate surface area is 205 Å². The molecule has 36 heavy (non-hydrogen) atoms. The van der Waals surface area contributed by atoms with Crippen molar-refractivity contribution in [3.63, 3.8) is 0 Å². The van der Waals surface area contributed by atoms with E-state index in [0.717, 1.165) is 17.0 Å². The van der Waals surface area contributed by atoms with E-state index < -0.39 is 23.6 Å². The number of anilines is 1. The van der Waals surface area contributed by atoms with Crippen LogP contribution in [0.1, 0.15) is 42.2 Å². The highest BCUT2D eigenvalue weighted by Crippen LogP contribution is 2.31. The molecular weight excluding hydrogens is 471 g/mol. The lowest BCUT2D eigenvalue weighted by atomic mass is 10.1. The molecule has 0 aliphatic carbocycles. The third-order valence-corrected chi connectivity index (χ3v) is 6.47. The van der Waals surface area contributed by atoms with Crippen molar-refractivity contribution in [3.05, 3.63) is 101 Å². The van der Waals surface area contributed by atoms with E-state index in [1.54, 1.807) is 59.5 Å². The van der Waals surface area contributed by atoms with Gasteiger partial charge in [-0.2, -0.15) is 13.2 Å². The molecule has 2 aliphatic rings. The van der Waals surface area contributed by atoms with Gasteiger partial charge in [0.2, 0.25) is 0 Å². The number of rotatable bonds is 4. The van der Waals surface area contributed by atoms with Crippen LogP contribution in [-0.2, 0) is 12.7 Å². The number of hydrogen-bond donors (Lipinski definition) is 0. The summed E-state index contributed by atoms with van der Waals surface area (Å²) in [4.78, 5) is 43.5. The van der Waals surface area contributed by atoms with Crippen LogP contribution in [0.5, 0.6) is 0 Å². The standard InChI is InChI=1S/C27H22F3N3O3/c28-27(29,30)20-7-3-5-18(15-20)17-31-11-13-32(14-12-31)24(34)19-6-4-8-21(16-19)33-25(35)22-9-1-2-10-23(22)26(33)36/h1-10,15-16H,11-14,17H2. The fourth-order valence-corrected chi connectivity index (χ4v) is 4.60. The molecule has 2 heterocycles. The first-order valence-corrected chi connectivity index (χ1v) is 11.5. The minimum Gasteiger partial charge on any atom is -0.336 e. The van der Waals surface area contributed by atoms with Crippen LogP contribution in [0.3, 0.4) is 0 Å². The zero-order valence-corrected chi connectivity index (χ0v) is 19.2. The Balaban J connectivity index is 1.24. The number of fused-ring (bicyclic) bond motifs is 1. The van der Waals surface area contributed by atoms with Gasteiger partial charge in [0.25, 0.3) is 17.7 Å². The molecule has 5 rings (SSSR count). The van der Waals surface area contributed by atoms with Gasteiger partial charge in [0, 0.05) is 38.3 Å². The number of alkyl halides is 3. The topological polar surface area (TPSA) is 60.9 Å². The third-order valence-electron chi connectivity index (χ3n) is 6.47. The van der Waals surface area contributed by atoms with Gasteiger partial charge in [-0.25, -0.2) is 4.90 Å². The lowest BCUT2D eigenvalue weighted by Crippen LogP contribution is -2.48. The van der Waals surface area contributed by atoms with Gasteiger partial charge in [0.1, 0.15) is 0 Å². The molecule has 1 fully saturated rings. The van der Waals surface area contributed by atoms with Crippen LogP contribution < -0.4 is 4.90 Å². The average Bonchev–Trinajstić information content (AvgIpc) is 3.14. The van der Waals surface area contributed by atoms with Crippen molar-refractivity contribution in [1.82, 2.24) is 9.80 Å². The molecule has 0 aromatic heterocycles. The van der Waals surface area contributed by atoms with Gasteiger partial charge in [0.15, 0.2) is 0 Å². The van der Waals surface area contributed by atoms with Crippen molar-refractivity contribution in [2.75, 3.05) is 31.1 Å². The van der Waals surface area contributed by atoms with Crippen molar-refractivity contribution in [3.8, 4) is 0 Å². The van der Waals surface area contributed by atoms with Gasteiger partial charge >= 0.3 is 6.18 Å². The van der Waals surface area contributed by atoms with Crippen molar-refractivity contribution < 1.29 is 27.6 Å². The molecule has 9 heteroatoms. The van der Waals surface area contributed by atoms with Crippen LogP contribution in [0, 0.1) is 0 Å². The summed E-state index contributed by atoms with van der Waals surface area (Å²) >= 11 is 0. The first-order chi connectivity index (χ1) is 17.2. The average molecular weight is 493 g/mol. The van der Waals surface area contributed by atoms with Crippen LogP contribution >= 0.6 is 0 Å². The Hall–Kier alpha value is -3.98. The minimum atomic E-state index is -4.39. The highest BCUT2D eigenvalue weighted by Gasteiger charge is 2.36. The van der Waals surface area contributed by atoms with Gasteiger partial charge in [0.05, 0.1) is 22.4 Å². The summed E-state index contributed by atoms with van der Waals surface area (Å²) in [5.74, 6) is -1.08. The van der Waals surface area contributed by atoms with Gasteiger partial charge in [-0.3, -0.25) is 19.3 Å². The van der Waals surface area contributed by atoms with Crippen LogP contribution in [0.15, 0.2) is 72.8 Å². The summed E-state index contributed by atoms with van der Waals surface area (Å²) in [7, 11) is 0. The van der Waals surface area contributed by atoms with Crippen LogP contribution in [0.2, 0.25) is 0 Å². The summed E-state index contributed by atoms with van der Waals surface area (Å²) in [5, 5.41) is 0. The zero-order chi connectivity index (χ0) is 25.4. The molecule has 1 saturated heterocycles. The number of carbonyl (C=O) groups excluding carboxylic acids is 3. The highest BCUT2D eigenvalue weighted by molar-refractivity contribution is 6.34. The first-order valence-electron chi connectivity index (χ1n) is 11.5. The van der Waals surface area contributed by atoms with Gasteiger partial charge in [-0.05, 0) is 42.0 Å². The molecule has 2 aliphatic heterocycles. The largest absolute Gasteiger partial charge is 0.416 e. The van der Waals surface area contributed by atoms with E-state index in [9.17, 15) is 27.6 Å². The minimum absolute atomic E-state index is 0.229. The molecule has 3 aromatic carbocycles. The first kappa shape index (κ1) is 23.7. The predicted molar refractivity (Wildman–Crippen MR) is 127 cm³/mol. The molecule has 3 amide bonds. The van der Waals surface area contributed by atoms with Crippen LogP contribution in [0.4, 0.5) is 18.9 Å². The van der Waals surface area contributed by atoms with E-state index in [1.807, 2.05) is 4.90 Å². The van der Waals surface area contributed by atoms with Crippen molar-refractivity contribution in [2.45, 2.75) is 12.7 Å². The molecular formula is C27H22F3N3O3. The molecule has 0 bridgehead atoms. The van der Waals surface area contributed by atoms with Gasteiger partial charge < -0.3 is 4.90 Å². The second-order valence-electron chi connectivity index (χ2n) is 8.81. The highest BCUT2D eigenvalue weighted by atomic mass is 19.4. The van der Waals surface area contributed by atoms with Crippen LogP contribution in [0.25, 0.3) is 0 Å². The van der Waals surface area contributed by atoms with E-state index >= 15 is 0 Å². The fraction of sp³-hybridized carbons (Fsp3) is 0.222. The second kappa shape index (κ2) is 9.23. The summed E-state index contributed by atoms with van der Waals surface area (Å²) in [6, 6.07) is 18.3. The monoisotopic (exact) mass is 493 g/mol. The summed E-state index contributed by atoms with van der Waals surface area (Å²) in [6.07, 6.45) is -4.39. The van der Waals surface area contributed by atoms with E-state index in [1.165, 1.54) is 6.07 Å². The number of carbonyl (C=O) groups is 3. The Bertz CT molecular complexity index is 1310. The number of amides is 3. The Morgan fingerprint density at radius 1 is 0.778 bits per heavy atom. The molecule has 184 valence electrons. The van der Waals surface area contributed by atoms with Crippen LogP contribution in [-0.4, -0.2) is 53.7 Å². The Morgan fingerprint density at radius 2 is 1.42 bits per heavy atom. The molecule has 3 aromatic rings. The van der Waals surface area contributed by atoms with E-state index in [-0.39, 0.29) is 5.91 Å². The maximum Gasteiger partial charge on any atom is 0.416 e. The Morgan fingerprint density at radius 3 is 2.06 bits per heavy atom. The number of imide groups is 1. The molecule has 0 unspecified atom stereocenters. The maximum atomic E-state index is 13.2. The van der Waals surface area contributed by atoms with Crippen molar-refractivity contribution in [2.24, 2.45) is 0 Å². The second-order valence-corrected chi connectivity index (χ2v) is 8.81. The van der Waals surface area contributed by atoms with E-state index in [4.69, 9.17) is 0 Å². The van der Waals surface area contributed by atoms with Crippen molar-refractivity contribution >= 4 is 23.4 Å². The molecule has 0 N–H and O–H groups in total. The third kappa shape index (κ3) is 4.49. The summed E-state index contributed by atoms with van der Waals surface area (Å²) in [5.41, 5.74) is 1.24. The normalized spacial score (nSPS) is 16.4. The van der Waals surface area contributed by atoms with Crippen molar-refractivity contribution in [1.29, 1.82) is 0 Å². The van der Waals surface area contributed by atoms with E-state index in [2.05, 4.69) is 0 Å². The quantitative estimate of drug-likeness (QED) is 0.504. The smallest absolute Gasteiger partial charge is 0.336 e. The SMILES string of the molecule is O=C(c1cccc(N2C(=O)c3ccccc3C2=O)c1)N1CCN(Cc2cccc(C(F)(F)F)c2)CC1.